The fraction of sp³-hybridized carbons (Fsp3) is 0.636. The molecule has 2 rings (SSSR count). The predicted molar refractivity (Wildman–Crippen MR) is 65.1 cm³/mol. The molecular weight excluding hydrogens is 242 g/mol. The van der Waals surface area contributed by atoms with Gasteiger partial charge in [-0.3, -0.25) is 0 Å². The van der Waals surface area contributed by atoms with Gasteiger partial charge in [-0.25, -0.2) is 4.98 Å². The van der Waals surface area contributed by atoms with Crippen molar-refractivity contribution in [1.82, 2.24) is 9.97 Å². The molecule has 5 nitrogen and oxygen atoms in total. The molecule has 0 spiro atoms. The quantitative estimate of drug-likeness (QED) is 0.878. The van der Waals surface area contributed by atoms with E-state index in [0.717, 1.165) is 12.8 Å². The Kier molecular flexibility index (Phi) is 3.69. The monoisotopic (exact) mass is 257 g/mol. The molecule has 1 aromatic heterocycles. The third-order valence-electron chi connectivity index (χ3n) is 2.66. The van der Waals surface area contributed by atoms with Gasteiger partial charge < -0.3 is 15.2 Å². The summed E-state index contributed by atoms with van der Waals surface area (Å²) in [6.07, 6.45) is 3.52. The first-order valence-electron chi connectivity index (χ1n) is 5.64. The number of ether oxygens (including phenoxy) is 2. The summed E-state index contributed by atoms with van der Waals surface area (Å²) >= 11 is 5.95. The fourth-order valence-electron chi connectivity index (χ4n) is 2.05. The summed E-state index contributed by atoms with van der Waals surface area (Å²) in [5.74, 6) is 0.517. The van der Waals surface area contributed by atoms with Crippen molar-refractivity contribution in [1.29, 1.82) is 0 Å². The van der Waals surface area contributed by atoms with E-state index >= 15 is 0 Å². The third-order valence-corrected chi connectivity index (χ3v) is 2.92. The topological polar surface area (TPSA) is 70.3 Å². The van der Waals surface area contributed by atoms with Crippen molar-refractivity contribution in [2.75, 3.05) is 5.73 Å². The predicted octanol–water partition coefficient (Wildman–Crippen LogP) is 2.05. The average Bonchev–Trinajstić information content (AvgIpc) is 2.22. The zero-order valence-corrected chi connectivity index (χ0v) is 10.6. The molecule has 1 fully saturated rings. The molecule has 0 saturated carbocycles. The molecule has 2 N–H and O–H groups in total. The number of rotatable bonds is 2. The molecule has 2 heterocycles. The second-order valence-electron chi connectivity index (χ2n) is 4.35. The highest BCUT2D eigenvalue weighted by molar-refractivity contribution is 6.31. The summed E-state index contributed by atoms with van der Waals surface area (Å²) in [6, 6.07) is 0. The minimum absolute atomic E-state index is 0.0561. The fourth-order valence-corrected chi connectivity index (χ4v) is 2.18. The van der Waals surface area contributed by atoms with Crippen LogP contribution in [0.15, 0.2) is 6.20 Å². The average molecular weight is 258 g/mol. The molecule has 0 aliphatic carbocycles. The Morgan fingerprint density at radius 2 is 2.06 bits per heavy atom. The van der Waals surface area contributed by atoms with Gasteiger partial charge in [0.1, 0.15) is 11.1 Å². The highest BCUT2D eigenvalue weighted by Gasteiger charge is 2.26. The Morgan fingerprint density at radius 1 is 1.41 bits per heavy atom. The van der Waals surface area contributed by atoms with Crippen LogP contribution in [0.5, 0.6) is 5.88 Å². The highest BCUT2D eigenvalue weighted by atomic mass is 35.5. The lowest BCUT2D eigenvalue weighted by atomic mass is 10.0. The minimum Gasteiger partial charge on any atom is -0.473 e. The van der Waals surface area contributed by atoms with Crippen LogP contribution in [0.1, 0.15) is 26.7 Å². The lowest BCUT2D eigenvalue weighted by Crippen LogP contribution is -2.36. The van der Waals surface area contributed by atoms with Crippen molar-refractivity contribution in [2.45, 2.75) is 45.0 Å². The summed E-state index contributed by atoms with van der Waals surface area (Å²) in [4.78, 5) is 7.78. The second kappa shape index (κ2) is 5.06. The van der Waals surface area contributed by atoms with Gasteiger partial charge in [0.05, 0.1) is 18.4 Å². The summed E-state index contributed by atoms with van der Waals surface area (Å²) in [5.41, 5.74) is 5.50. The number of anilines is 1. The van der Waals surface area contributed by atoms with Crippen LogP contribution in [0.25, 0.3) is 0 Å². The number of nitrogen functional groups attached to an aromatic ring is 1. The smallest absolute Gasteiger partial charge is 0.237 e. The first-order chi connectivity index (χ1) is 8.04. The van der Waals surface area contributed by atoms with Gasteiger partial charge in [-0.05, 0) is 13.8 Å². The van der Waals surface area contributed by atoms with Crippen molar-refractivity contribution in [3.05, 3.63) is 11.2 Å². The van der Waals surface area contributed by atoms with Gasteiger partial charge in [0.25, 0.3) is 0 Å². The van der Waals surface area contributed by atoms with E-state index in [2.05, 4.69) is 9.97 Å². The third kappa shape index (κ3) is 3.20. The molecule has 0 bridgehead atoms. The van der Waals surface area contributed by atoms with Gasteiger partial charge in [0.2, 0.25) is 11.8 Å². The van der Waals surface area contributed by atoms with E-state index in [0.29, 0.717) is 10.9 Å². The van der Waals surface area contributed by atoms with Crippen LogP contribution in [-0.4, -0.2) is 28.3 Å². The van der Waals surface area contributed by atoms with Crippen molar-refractivity contribution in [3.63, 3.8) is 0 Å². The van der Waals surface area contributed by atoms with Gasteiger partial charge in [-0.1, -0.05) is 11.6 Å². The summed E-state index contributed by atoms with van der Waals surface area (Å²) < 4.78 is 11.4. The molecule has 1 aromatic rings. The van der Waals surface area contributed by atoms with Crippen molar-refractivity contribution < 1.29 is 9.47 Å². The zero-order valence-electron chi connectivity index (χ0n) is 9.89. The zero-order chi connectivity index (χ0) is 12.4. The standard InChI is InChI=1S/C11H16ClN3O2/c1-6-3-8(4-7(2)16-6)17-10-9(12)5-14-11(13)15-10/h5-8H,3-4H2,1-2H3,(H2,13,14,15). The maximum atomic E-state index is 5.95. The number of halogens is 1. The molecule has 1 aliphatic heterocycles. The molecule has 6 heteroatoms. The maximum absolute atomic E-state index is 5.95. The summed E-state index contributed by atoms with van der Waals surface area (Å²) in [5, 5.41) is 0.381. The van der Waals surface area contributed by atoms with Crippen LogP contribution in [0.4, 0.5) is 5.95 Å². The van der Waals surface area contributed by atoms with Crippen LogP contribution in [0, 0.1) is 0 Å². The molecule has 17 heavy (non-hydrogen) atoms. The van der Waals surface area contributed by atoms with Crippen LogP contribution in [-0.2, 0) is 4.74 Å². The Labute approximate surface area is 105 Å². The SMILES string of the molecule is CC1CC(Oc2nc(N)ncc2Cl)CC(C)O1. The van der Waals surface area contributed by atoms with Gasteiger partial charge >= 0.3 is 0 Å². The van der Waals surface area contributed by atoms with Crippen LogP contribution in [0.2, 0.25) is 5.02 Å². The molecule has 1 saturated heterocycles. The van der Waals surface area contributed by atoms with Gasteiger partial charge in [-0.15, -0.1) is 0 Å². The summed E-state index contributed by atoms with van der Waals surface area (Å²) in [6.45, 7) is 4.06. The summed E-state index contributed by atoms with van der Waals surface area (Å²) in [7, 11) is 0. The molecule has 2 atom stereocenters. The van der Waals surface area contributed by atoms with E-state index in [4.69, 9.17) is 26.8 Å². The molecule has 0 aromatic carbocycles. The Bertz CT molecular complexity index is 392. The van der Waals surface area contributed by atoms with Crippen molar-refractivity contribution >= 4 is 17.5 Å². The molecule has 2 unspecified atom stereocenters. The van der Waals surface area contributed by atoms with E-state index < -0.39 is 0 Å². The van der Waals surface area contributed by atoms with Crippen LogP contribution >= 0.6 is 11.6 Å². The van der Waals surface area contributed by atoms with E-state index in [1.165, 1.54) is 6.20 Å². The highest BCUT2D eigenvalue weighted by Crippen LogP contribution is 2.27. The van der Waals surface area contributed by atoms with Crippen LogP contribution < -0.4 is 10.5 Å². The Morgan fingerprint density at radius 3 is 2.71 bits per heavy atom. The lowest BCUT2D eigenvalue weighted by Gasteiger charge is -2.32. The largest absolute Gasteiger partial charge is 0.473 e. The number of nitrogens with zero attached hydrogens (tertiary/aromatic N) is 2. The number of hydrogen-bond acceptors (Lipinski definition) is 5. The first kappa shape index (κ1) is 12.4. The minimum atomic E-state index is 0.0561. The van der Waals surface area contributed by atoms with E-state index in [-0.39, 0.29) is 24.3 Å². The van der Waals surface area contributed by atoms with Gasteiger partial charge in [0, 0.05) is 12.8 Å². The van der Waals surface area contributed by atoms with Crippen molar-refractivity contribution in [3.8, 4) is 5.88 Å². The number of hydrogen-bond donors (Lipinski definition) is 1. The van der Waals surface area contributed by atoms with E-state index in [9.17, 15) is 0 Å². The first-order valence-corrected chi connectivity index (χ1v) is 6.02. The van der Waals surface area contributed by atoms with Crippen LogP contribution in [0.3, 0.4) is 0 Å². The van der Waals surface area contributed by atoms with Gasteiger partial charge in [0.15, 0.2) is 0 Å². The molecule has 0 radical (unpaired) electrons. The Hall–Kier alpha value is -1.07. The normalized spacial score (nSPS) is 29.0. The second-order valence-corrected chi connectivity index (χ2v) is 4.76. The molecule has 94 valence electrons. The lowest BCUT2D eigenvalue weighted by molar-refractivity contribution is -0.0729. The van der Waals surface area contributed by atoms with Gasteiger partial charge in [-0.2, -0.15) is 4.98 Å². The number of nitrogens with two attached hydrogens (primary N) is 1. The van der Waals surface area contributed by atoms with Crippen molar-refractivity contribution in [2.24, 2.45) is 0 Å². The Balaban J connectivity index is 2.07. The molecule has 1 aliphatic rings. The molecule has 0 amide bonds. The maximum Gasteiger partial charge on any atom is 0.237 e. The molecular formula is C11H16ClN3O2. The van der Waals surface area contributed by atoms with E-state index in [1.807, 2.05) is 13.8 Å². The number of aromatic nitrogens is 2. The van der Waals surface area contributed by atoms with E-state index in [1.54, 1.807) is 0 Å².